The Kier molecular flexibility index (Phi) is 1.78. The van der Waals surface area contributed by atoms with Crippen molar-refractivity contribution in [3.8, 4) is 11.3 Å². The van der Waals surface area contributed by atoms with Crippen molar-refractivity contribution in [3.63, 3.8) is 0 Å². The highest BCUT2D eigenvalue weighted by molar-refractivity contribution is 5.91. The van der Waals surface area contributed by atoms with E-state index in [-0.39, 0.29) is 0 Å². The third kappa shape index (κ3) is 1.31. The van der Waals surface area contributed by atoms with E-state index in [1.54, 1.807) is 12.5 Å². The van der Waals surface area contributed by atoms with Crippen molar-refractivity contribution in [1.82, 2.24) is 4.98 Å². The van der Waals surface area contributed by atoms with Gasteiger partial charge < -0.3 is 4.42 Å². The monoisotopic (exact) mass is 195 g/mol. The van der Waals surface area contributed by atoms with Crippen LogP contribution in [-0.2, 0) is 0 Å². The lowest BCUT2D eigenvalue weighted by Crippen LogP contribution is -1.81. The number of para-hydroxylation sites is 1. The zero-order valence-corrected chi connectivity index (χ0v) is 8.05. The van der Waals surface area contributed by atoms with E-state index in [1.165, 1.54) is 0 Å². The zero-order chi connectivity index (χ0) is 10.1. The molecule has 0 atom stereocenters. The second-order valence-corrected chi connectivity index (χ2v) is 3.36. The SMILES string of the molecule is c1ccc(-c2cccc3ccoc23)nc1. The molecule has 0 saturated heterocycles. The average molecular weight is 195 g/mol. The summed E-state index contributed by atoms with van der Waals surface area (Å²) in [6.07, 6.45) is 3.49. The number of pyridine rings is 1. The molecule has 72 valence electrons. The van der Waals surface area contributed by atoms with Gasteiger partial charge in [0.25, 0.3) is 0 Å². The van der Waals surface area contributed by atoms with E-state index in [9.17, 15) is 0 Å². The van der Waals surface area contributed by atoms with Gasteiger partial charge in [-0.25, -0.2) is 0 Å². The van der Waals surface area contributed by atoms with Crippen LogP contribution in [0, 0.1) is 0 Å². The van der Waals surface area contributed by atoms with E-state index in [0.717, 1.165) is 22.2 Å². The van der Waals surface area contributed by atoms with Crippen molar-refractivity contribution in [1.29, 1.82) is 0 Å². The molecule has 0 aliphatic heterocycles. The van der Waals surface area contributed by atoms with Gasteiger partial charge >= 0.3 is 0 Å². The van der Waals surface area contributed by atoms with Crippen LogP contribution in [0.4, 0.5) is 0 Å². The number of fused-ring (bicyclic) bond motifs is 1. The average Bonchev–Trinajstić information content (AvgIpc) is 2.78. The molecule has 2 aromatic heterocycles. The summed E-state index contributed by atoms with van der Waals surface area (Å²) in [4.78, 5) is 4.32. The van der Waals surface area contributed by atoms with Gasteiger partial charge in [-0.2, -0.15) is 0 Å². The number of furan rings is 1. The highest BCUT2D eigenvalue weighted by atomic mass is 16.3. The maximum absolute atomic E-state index is 5.46. The molecule has 0 spiro atoms. The van der Waals surface area contributed by atoms with Gasteiger partial charge in [0.1, 0.15) is 5.58 Å². The predicted octanol–water partition coefficient (Wildman–Crippen LogP) is 3.49. The molecule has 0 amide bonds. The van der Waals surface area contributed by atoms with Crippen LogP contribution in [0.25, 0.3) is 22.2 Å². The molecule has 2 heteroatoms. The van der Waals surface area contributed by atoms with E-state index < -0.39 is 0 Å². The third-order valence-electron chi connectivity index (χ3n) is 2.42. The molecule has 0 bridgehead atoms. The van der Waals surface area contributed by atoms with Gasteiger partial charge in [-0.15, -0.1) is 0 Å². The molecule has 0 radical (unpaired) electrons. The highest BCUT2D eigenvalue weighted by Crippen LogP contribution is 2.27. The first-order chi connectivity index (χ1) is 7.45. The molecule has 3 aromatic rings. The fourth-order valence-electron chi connectivity index (χ4n) is 1.72. The van der Waals surface area contributed by atoms with Gasteiger partial charge in [0.15, 0.2) is 0 Å². The predicted molar refractivity (Wildman–Crippen MR) is 59.4 cm³/mol. The summed E-state index contributed by atoms with van der Waals surface area (Å²) < 4.78 is 5.46. The molecule has 0 aliphatic carbocycles. The minimum Gasteiger partial charge on any atom is -0.464 e. The molecule has 15 heavy (non-hydrogen) atoms. The van der Waals surface area contributed by atoms with Crippen molar-refractivity contribution in [2.24, 2.45) is 0 Å². The smallest absolute Gasteiger partial charge is 0.143 e. The van der Waals surface area contributed by atoms with Gasteiger partial charge in [-0.1, -0.05) is 18.2 Å². The molecule has 0 saturated carbocycles. The molecule has 3 rings (SSSR count). The second kappa shape index (κ2) is 3.24. The number of nitrogens with zero attached hydrogens (tertiary/aromatic N) is 1. The zero-order valence-electron chi connectivity index (χ0n) is 8.05. The number of rotatable bonds is 1. The summed E-state index contributed by atoms with van der Waals surface area (Å²) in [5.41, 5.74) is 2.88. The summed E-state index contributed by atoms with van der Waals surface area (Å²) in [6, 6.07) is 13.9. The Bertz CT molecular complexity index is 584. The van der Waals surface area contributed by atoms with Crippen molar-refractivity contribution in [2.75, 3.05) is 0 Å². The Morgan fingerprint density at radius 3 is 2.80 bits per heavy atom. The fraction of sp³-hybridized carbons (Fsp3) is 0. The van der Waals surface area contributed by atoms with E-state index in [0.29, 0.717) is 0 Å². The number of aromatic nitrogens is 1. The molecule has 0 N–H and O–H groups in total. The molecule has 0 aliphatic rings. The molecular formula is C13H9NO. The summed E-state index contributed by atoms with van der Waals surface area (Å²) in [6.45, 7) is 0. The standard InChI is InChI=1S/C13H9NO/c1-2-8-14-12(6-1)11-5-3-4-10-7-9-15-13(10)11/h1-9H. The van der Waals surface area contributed by atoms with Gasteiger partial charge in [-0.3, -0.25) is 4.98 Å². The van der Waals surface area contributed by atoms with Crippen LogP contribution in [-0.4, -0.2) is 4.98 Å². The van der Waals surface area contributed by atoms with E-state index in [4.69, 9.17) is 4.42 Å². The maximum Gasteiger partial charge on any atom is 0.143 e. The molecule has 1 aromatic carbocycles. The first-order valence-corrected chi connectivity index (χ1v) is 4.83. The summed E-state index contributed by atoms with van der Waals surface area (Å²) in [5, 5.41) is 1.11. The van der Waals surface area contributed by atoms with Crippen LogP contribution in [0.5, 0.6) is 0 Å². The van der Waals surface area contributed by atoms with Crippen LogP contribution in [0.15, 0.2) is 59.3 Å². The largest absolute Gasteiger partial charge is 0.464 e. The van der Waals surface area contributed by atoms with Gasteiger partial charge in [0.2, 0.25) is 0 Å². The van der Waals surface area contributed by atoms with Crippen molar-refractivity contribution in [3.05, 3.63) is 54.9 Å². The molecule has 0 fully saturated rings. The molecule has 2 heterocycles. The van der Waals surface area contributed by atoms with E-state index in [2.05, 4.69) is 4.98 Å². The summed E-state index contributed by atoms with van der Waals surface area (Å²) >= 11 is 0. The van der Waals surface area contributed by atoms with Crippen molar-refractivity contribution in [2.45, 2.75) is 0 Å². The summed E-state index contributed by atoms with van der Waals surface area (Å²) in [5.74, 6) is 0. The topological polar surface area (TPSA) is 26.0 Å². The highest BCUT2D eigenvalue weighted by Gasteiger charge is 2.06. The van der Waals surface area contributed by atoms with E-state index >= 15 is 0 Å². The quantitative estimate of drug-likeness (QED) is 0.594. The third-order valence-corrected chi connectivity index (χ3v) is 2.42. The Morgan fingerprint density at radius 1 is 0.933 bits per heavy atom. The Labute approximate surface area is 87.2 Å². The van der Waals surface area contributed by atoms with Crippen molar-refractivity contribution >= 4 is 11.0 Å². The second-order valence-electron chi connectivity index (χ2n) is 3.36. The lowest BCUT2D eigenvalue weighted by atomic mass is 10.1. The van der Waals surface area contributed by atoms with Crippen LogP contribution < -0.4 is 0 Å². The normalized spacial score (nSPS) is 10.7. The lowest BCUT2D eigenvalue weighted by Gasteiger charge is -2.00. The maximum atomic E-state index is 5.46. The Balaban J connectivity index is 2.31. The van der Waals surface area contributed by atoms with E-state index in [1.807, 2.05) is 42.5 Å². The van der Waals surface area contributed by atoms with Gasteiger partial charge in [0, 0.05) is 17.1 Å². The van der Waals surface area contributed by atoms with Gasteiger partial charge in [0.05, 0.1) is 12.0 Å². The lowest BCUT2D eigenvalue weighted by molar-refractivity contribution is 0.616. The molecule has 2 nitrogen and oxygen atoms in total. The van der Waals surface area contributed by atoms with Crippen molar-refractivity contribution < 1.29 is 4.42 Å². The molecular weight excluding hydrogens is 186 g/mol. The van der Waals surface area contributed by atoms with Gasteiger partial charge in [-0.05, 0) is 24.3 Å². The number of hydrogen-bond acceptors (Lipinski definition) is 2. The Hall–Kier alpha value is -2.09. The van der Waals surface area contributed by atoms with Crippen LogP contribution in [0.1, 0.15) is 0 Å². The van der Waals surface area contributed by atoms with Crippen LogP contribution in [0.2, 0.25) is 0 Å². The minimum absolute atomic E-state index is 0.899. The molecule has 0 unspecified atom stereocenters. The minimum atomic E-state index is 0.899. The van der Waals surface area contributed by atoms with Crippen LogP contribution in [0.3, 0.4) is 0 Å². The first kappa shape index (κ1) is 8.24. The van der Waals surface area contributed by atoms with Crippen LogP contribution >= 0.6 is 0 Å². The number of benzene rings is 1. The summed E-state index contributed by atoms with van der Waals surface area (Å²) in [7, 11) is 0. The first-order valence-electron chi connectivity index (χ1n) is 4.83. The number of hydrogen-bond donors (Lipinski definition) is 0. The fourth-order valence-corrected chi connectivity index (χ4v) is 1.72. The Morgan fingerprint density at radius 2 is 1.93 bits per heavy atom.